The summed E-state index contributed by atoms with van der Waals surface area (Å²) in [6.45, 7) is 1.24. The van der Waals surface area contributed by atoms with Gasteiger partial charge in [0, 0.05) is 36.5 Å². The summed E-state index contributed by atoms with van der Waals surface area (Å²) in [6.07, 6.45) is 3.28. The molecule has 0 unspecified atom stereocenters. The average Bonchev–Trinajstić information content (AvgIpc) is 2.69. The van der Waals surface area contributed by atoms with E-state index in [0.717, 1.165) is 24.2 Å². The zero-order valence-electron chi connectivity index (χ0n) is 15.2. The summed E-state index contributed by atoms with van der Waals surface area (Å²) >= 11 is 5.83. The number of para-hydroxylation sites is 1. The van der Waals surface area contributed by atoms with Crippen molar-refractivity contribution in [1.29, 1.82) is 0 Å². The van der Waals surface area contributed by atoms with Crippen molar-refractivity contribution >= 4 is 23.4 Å². The van der Waals surface area contributed by atoms with Gasteiger partial charge in [0.1, 0.15) is 10.9 Å². The number of nitrogens with one attached hydrogen (secondary N) is 1. The number of halogens is 1. The number of methoxy groups -OCH3 is 1. The minimum Gasteiger partial charge on any atom is -0.496 e. The van der Waals surface area contributed by atoms with Crippen molar-refractivity contribution in [2.24, 2.45) is 0 Å². The Hall–Kier alpha value is -2.60. The number of aromatic nitrogens is 1. The number of pyridine rings is 1. The van der Waals surface area contributed by atoms with Crippen molar-refractivity contribution in [3.63, 3.8) is 0 Å². The number of ether oxygens (including phenoxy) is 1. The molecule has 0 saturated carbocycles. The highest BCUT2D eigenvalue weighted by Crippen LogP contribution is 2.20. The number of amides is 2. The minimum absolute atomic E-state index is 0.0414. The third-order valence-corrected chi connectivity index (χ3v) is 4.91. The summed E-state index contributed by atoms with van der Waals surface area (Å²) in [5, 5.41) is 3.30. The fraction of sp³-hybridized carbons (Fsp3) is 0.350. The quantitative estimate of drug-likeness (QED) is 0.801. The Morgan fingerprint density at radius 1 is 1.26 bits per heavy atom. The van der Waals surface area contributed by atoms with Crippen molar-refractivity contribution in [1.82, 2.24) is 15.2 Å². The Morgan fingerprint density at radius 3 is 2.70 bits per heavy atom. The Balaban J connectivity index is 1.51. The van der Waals surface area contributed by atoms with Gasteiger partial charge in [0.05, 0.1) is 13.5 Å². The van der Waals surface area contributed by atoms with E-state index in [1.807, 2.05) is 29.2 Å². The van der Waals surface area contributed by atoms with Crippen LogP contribution in [0, 0.1) is 0 Å². The van der Waals surface area contributed by atoms with Crippen LogP contribution in [0.1, 0.15) is 28.8 Å². The van der Waals surface area contributed by atoms with E-state index < -0.39 is 0 Å². The van der Waals surface area contributed by atoms with Gasteiger partial charge in [-0.05, 0) is 31.0 Å². The van der Waals surface area contributed by atoms with Crippen molar-refractivity contribution in [3.05, 3.63) is 58.9 Å². The van der Waals surface area contributed by atoms with Crippen LogP contribution in [0.5, 0.6) is 5.75 Å². The van der Waals surface area contributed by atoms with Crippen LogP contribution in [0.15, 0.2) is 42.6 Å². The van der Waals surface area contributed by atoms with E-state index in [0.29, 0.717) is 30.2 Å². The van der Waals surface area contributed by atoms with Gasteiger partial charge in [-0.2, -0.15) is 0 Å². The van der Waals surface area contributed by atoms with Crippen LogP contribution >= 0.6 is 11.6 Å². The highest BCUT2D eigenvalue weighted by atomic mass is 35.5. The maximum Gasteiger partial charge on any atom is 0.251 e. The third-order valence-electron chi connectivity index (χ3n) is 4.71. The first kappa shape index (κ1) is 19.2. The fourth-order valence-electron chi connectivity index (χ4n) is 3.21. The number of carbonyl (C=O) groups excluding carboxylic acids is 2. The lowest BCUT2D eigenvalue weighted by Crippen LogP contribution is -2.47. The smallest absolute Gasteiger partial charge is 0.251 e. The normalized spacial score (nSPS) is 14.7. The van der Waals surface area contributed by atoms with E-state index in [-0.39, 0.29) is 17.9 Å². The van der Waals surface area contributed by atoms with E-state index in [4.69, 9.17) is 16.3 Å². The molecular weight excluding hydrogens is 366 g/mol. The lowest BCUT2D eigenvalue weighted by molar-refractivity contribution is -0.131. The summed E-state index contributed by atoms with van der Waals surface area (Å²) in [6, 6.07) is 10.8. The van der Waals surface area contributed by atoms with Crippen LogP contribution in [0.2, 0.25) is 5.15 Å². The summed E-state index contributed by atoms with van der Waals surface area (Å²) < 4.78 is 5.31. The molecule has 1 aliphatic heterocycles. The average molecular weight is 388 g/mol. The summed E-state index contributed by atoms with van der Waals surface area (Å²) in [5.41, 5.74) is 1.37. The van der Waals surface area contributed by atoms with Crippen LogP contribution < -0.4 is 10.1 Å². The molecule has 2 amide bonds. The van der Waals surface area contributed by atoms with Crippen LogP contribution in [0.25, 0.3) is 0 Å². The second kappa shape index (κ2) is 8.86. The fourth-order valence-corrected chi connectivity index (χ4v) is 3.38. The molecule has 1 fully saturated rings. The number of hydrogen-bond acceptors (Lipinski definition) is 4. The van der Waals surface area contributed by atoms with Gasteiger partial charge in [0.25, 0.3) is 5.91 Å². The zero-order valence-corrected chi connectivity index (χ0v) is 15.9. The number of nitrogens with zero attached hydrogens (tertiary/aromatic N) is 2. The van der Waals surface area contributed by atoms with Crippen LogP contribution in [0.3, 0.4) is 0 Å². The minimum atomic E-state index is -0.168. The number of hydrogen-bond donors (Lipinski definition) is 1. The van der Waals surface area contributed by atoms with Crippen LogP contribution in [-0.4, -0.2) is 47.9 Å². The summed E-state index contributed by atoms with van der Waals surface area (Å²) in [5.74, 6) is 0.632. The Morgan fingerprint density at radius 2 is 2.00 bits per heavy atom. The van der Waals surface area contributed by atoms with Gasteiger partial charge in [0.15, 0.2) is 0 Å². The van der Waals surface area contributed by atoms with E-state index in [1.54, 1.807) is 19.2 Å². The molecule has 0 spiro atoms. The molecule has 0 bridgehead atoms. The predicted molar refractivity (Wildman–Crippen MR) is 103 cm³/mol. The zero-order chi connectivity index (χ0) is 19.2. The van der Waals surface area contributed by atoms with E-state index >= 15 is 0 Å². The first-order valence-electron chi connectivity index (χ1n) is 8.89. The molecule has 1 aromatic carbocycles. The van der Waals surface area contributed by atoms with Crippen molar-refractivity contribution in [2.45, 2.75) is 25.3 Å². The molecule has 1 aromatic heterocycles. The maximum absolute atomic E-state index is 12.6. The molecule has 3 rings (SSSR count). The predicted octanol–water partition coefficient (Wildman–Crippen LogP) is 2.71. The Kier molecular flexibility index (Phi) is 6.29. The molecule has 0 atom stereocenters. The Labute approximate surface area is 163 Å². The second-order valence-corrected chi connectivity index (χ2v) is 6.87. The summed E-state index contributed by atoms with van der Waals surface area (Å²) in [7, 11) is 1.60. The van der Waals surface area contributed by atoms with Crippen molar-refractivity contribution in [3.8, 4) is 5.75 Å². The van der Waals surface area contributed by atoms with Gasteiger partial charge in [0.2, 0.25) is 5.91 Å². The van der Waals surface area contributed by atoms with Gasteiger partial charge in [-0.1, -0.05) is 29.8 Å². The first-order chi connectivity index (χ1) is 13.1. The molecule has 0 aliphatic carbocycles. The molecule has 142 valence electrons. The highest BCUT2D eigenvalue weighted by Gasteiger charge is 2.24. The number of piperidine rings is 1. The number of rotatable bonds is 5. The number of carbonyl (C=O) groups is 2. The highest BCUT2D eigenvalue weighted by molar-refractivity contribution is 6.29. The summed E-state index contributed by atoms with van der Waals surface area (Å²) in [4.78, 5) is 30.6. The lowest BCUT2D eigenvalue weighted by Gasteiger charge is -2.32. The second-order valence-electron chi connectivity index (χ2n) is 6.48. The third kappa shape index (κ3) is 4.98. The molecule has 1 saturated heterocycles. The van der Waals surface area contributed by atoms with Gasteiger partial charge in [-0.15, -0.1) is 0 Å². The molecular formula is C20H22ClN3O3. The van der Waals surface area contributed by atoms with Crippen molar-refractivity contribution < 1.29 is 14.3 Å². The van der Waals surface area contributed by atoms with Gasteiger partial charge >= 0.3 is 0 Å². The van der Waals surface area contributed by atoms with Crippen LogP contribution in [-0.2, 0) is 11.2 Å². The van der Waals surface area contributed by atoms with E-state index in [1.165, 1.54) is 6.20 Å². The monoisotopic (exact) mass is 387 g/mol. The maximum atomic E-state index is 12.6. The molecule has 2 heterocycles. The molecule has 27 heavy (non-hydrogen) atoms. The van der Waals surface area contributed by atoms with Gasteiger partial charge in [-0.25, -0.2) is 4.98 Å². The molecule has 7 heteroatoms. The topological polar surface area (TPSA) is 71.5 Å². The molecule has 0 radical (unpaired) electrons. The standard InChI is InChI=1S/C20H22ClN3O3/c1-27-17-5-3-2-4-14(17)13-19(25)24-10-7-16(8-11-24)23-20(26)15-6-9-22-18(21)12-15/h2-6,9,12,16H,7-8,10-11,13H2,1H3,(H,23,26). The van der Waals surface area contributed by atoms with E-state index in [9.17, 15) is 9.59 Å². The van der Waals surface area contributed by atoms with Crippen LogP contribution in [0.4, 0.5) is 0 Å². The molecule has 1 N–H and O–H groups in total. The molecule has 6 nitrogen and oxygen atoms in total. The number of benzene rings is 1. The molecule has 1 aliphatic rings. The largest absolute Gasteiger partial charge is 0.496 e. The van der Waals surface area contributed by atoms with Gasteiger partial charge < -0.3 is 15.0 Å². The Bertz CT molecular complexity index is 820. The van der Waals surface area contributed by atoms with Crippen molar-refractivity contribution in [2.75, 3.05) is 20.2 Å². The van der Waals surface area contributed by atoms with E-state index in [2.05, 4.69) is 10.3 Å². The first-order valence-corrected chi connectivity index (χ1v) is 9.26. The van der Waals surface area contributed by atoms with Gasteiger partial charge in [-0.3, -0.25) is 9.59 Å². The molecule has 2 aromatic rings. The number of likely N-dealkylation sites (tertiary alicyclic amines) is 1. The SMILES string of the molecule is COc1ccccc1CC(=O)N1CCC(NC(=O)c2ccnc(Cl)c2)CC1. The lowest BCUT2D eigenvalue weighted by atomic mass is 10.0.